The maximum Gasteiger partial charge on any atom is 0.0406 e. The van der Waals surface area contributed by atoms with Crippen molar-refractivity contribution in [1.29, 1.82) is 0 Å². The Morgan fingerprint density at radius 3 is 2.65 bits per heavy atom. The third-order valence-corrected chi connectivity index (χ3v) is 4.85. The molecule has 0 aromatic heterocycles. The first-order valence-corrected chi connectivity index (χ1v) is 7.38. The van der Waals surface area contributed by atoms with Gasteiger partial charge in [0.2, 0.25) is 0 Å². The van der Waals surface area contributed by atoms with Gasteiger partial charge in [0.25, 0.3) is 0 Å². The van der Waals surface area contributed by atoms with E-state index in [4.69, 9.17) is 5.73 Å². The number of nitrogens with two attached hydrogens (primary N) is 1. The van der Waals surface area contributed by atoms with Crippen molar-refractivity contribution in [2.75, 3.05) is 13.1 Å². The van der Waals surface area contributed by atoms with Crippen molar-refractivity contribution in [1.82, 2.24) is 4.90 Å². The van der Waals surface area contributed by atoms with Crippen molar-refractivity contribution in [3.8, 4) is 0 Å². The number of likely N-dealkylation sites (tertiary alicyclic amines) is 1. The number of hydrogen-bond acceptors (Lipinski definition) is 2. The van der Waals surface area contributed by atoms with Gasteiger partial charge >= 0.3 is 0 Å². The van der Waals surface area contributed by atoms with E-state index >= 15 is 0 Å². The molecule has 0 amide bonds. The van der Waals surface area contributed by atoms with Crippen LogP contribution in [0.5, 0.6) is 0 Å². The van der Waals surface area contributed by atoms with Crippen LogP contribution in [0.1, 0.15) is 22.6 Å². The van der Waals surface area contributed by atoms with Gasteiger partial charge < -0.3 is 5.73 Å². The summed E-state index contributed by atoms with van der Waals surface area (Å²) in [6.45, 7) is 3.10. The smallest absolute Gasteiger partial charge is 0.0406 e. The average molecular weight is 264 g/mol. The van der Waals surface area contributed by atoms with E-state index in [1.165, 1.54) is 16.7 Å². The van der Waals surface area contributed by atoms with E-state index < -0.39 is 0 Å². The second-order valence-corrected chi connectivity index (χ2v) is 6.32. The predicted octanol–water partition coefficient (Wildman–Crippen LogP) is 2.54. The summed E-state index contributed by atoms with van der Waals surface area (Å²) in [5.74, 6) is 0.502. The number of fused-ring (bicyclic) bond motifs is 3. The summed E-state index contributed by atoms with van der Waals surface area (Å²) in [6.07, 6.45) is 1.03. The topological polar surface area (TPSA) is 29.3 Å². The highest BCUT2D eigenvalue weighted by molar-refractivity contribution is 5.42. The predicted molar refractivity (Wildman–Crippen MR) is 81.5 cm³/mol. The lowest BCUT2D eigenvalue weighted by Gasteiger charge is -2.23. The third-order valence-electron chi connectivity index (χ3n) is 4.85. The maximum absolute atomic E-state index is 6.72. The van der Waals surface area contributed by atoms with Crippen molar-refractivity contribution < 1.29 is 0 Å². The first-order chi connectivity index (χ1) is 9.74. The number of rotatable bonds is 2. The van der Waals surface area contributed by atoms with Crippen LogP contribution in [0.25, 0.3) is 0 Å². The van der Waals surface area contributed by atoms with Gasteiger partial charge in [0, 0.05) is 31.1 Å². The Balaban J connectivity index is 1.57. The summed E-state index contributed by atoms with van der Waals surface area (Å²) >= 11 is 0. The molecule has 1 fully saturated rings. The van der Waals surface area contributed by atoms with Crippen molar-refractivity contribution in [2.45, 2.75) is 24.4 Å². The Hall–Kier alpha value is -1.64. The Morgan fingerprint density at radius 2 is 1.80 bits per heavy atom. The molecule has 0 radical (unpaired) electrons. The van der Waals surface area contributed by atoms with E-state index in [0.29, 0.717) is 5.92 Å². The fourth-order valence-corrected chi connectivity index (χ4v) is 3.97. The van der Waals surface area contributed by atoms with Gasteiger partial charge in [-0.2, -0.15) is 0 Å². The van der Waals surface area contributed by atoms with Crippen molar-refractivity contribution in [3.63, 3.8) is 0 Å². The lowest BCUT2D eigenvalue weighted by molar-refractivity contribution is 0.302. The van der Waals surface area contributed by atoms with Gasteiger partial charge in [-0.05, 0) is 23.1 Å². The molecule has 4 rings (SSSR count). The molecule has 2 aromatic carbocycles. The van der Waals surface area contributed by atoms with Crippen LogP contribution < -0.4 is 5.73 Å². The molecule has 102 valence electrons. The van der Waals surface area contributed by atoms with Gasteiger partial charge in [0.15, 0.2) is 0 Å². The van der Waals surface area contributed by atoms with E-state index in [1.54, 1.807) is 0 Å². The summed E-state index contributed by atoms with van der Waals surface area (Å²) in [5.41, 5.74) is 11.0. The Labute approximate surface area is 120 Å². The molecule has 2 unspecified atom stereocenters. The first-order valence-electron chi connectivity index (χ1n) is 7.38. The average Bonchev–Trinajstić information content (AvgIpc) is 2.89. The second kappa shape index (κ2) is 4.44. The van der Waals surface area contributed by atoms with Gasteiger partial charge in [-0.25, -0.2) is 0 Å². The molecule has 2 aliphatic rings. The Morgan fingerprint density at radius 1 is 1.05 bits per heavy atom. The summed E-state index contributed by atoms with van der Waals surface area (Å²) < 4.78 is 0. The molecule has 20 heavy (non-hydrogen) atoms. The largest absolute Gasteiger partial charge is 0.323 e. The molecule has 2 nitrogen and oxygen atoms in total. The molecule has 2 atom stereocenters. The van der Waals surface area contributed by atoms with Gasteiger partial charge in [0.05, 0.1) is 0 Å². The van der Waals surface area contributed by atoms with Crippen LogP contribution in [-0.4, -0.2) is 23.5 Å². The third kappa shape index (κ3) is 1.88. The van der Waals surface area contributed by atoms with E-state index in [-0.39, 0.29) is 5.54 Å². The normalized spacial score (nSPS) is 28.4. The molecule has 0 spiro atoms. The molecule has 1 heterocycles. The molecule has 1 aliphatic carbocycles. The van der Waals surface area contributed by atoms with Crippen LogP contribution in [0, 0.1) is 0 Å². The lowest BCUT2D eigenvalue weighted by Crippen LogP contribution is -2.45. The minimum absolute atomic E-state index is 0.0571. The van der Waals surface area contributed by atoms with E-state index in [1.807, 2.05) is 0 Å². The number of benzene rings is 2. The van der Waals surface area contributed by atoms with E-state index in [0.717, 1.165) is 26.1 Å². The van der Waals surface area contributed by atoms with Crippen LogP contribution in [-0.2, 0) is 13.0 Å². The minimum Gasteiger partial charge on any atom is -0.323 e. The quantitative estimate of drug-likeness (QED) is 0.903. The standard InChI is InChI=1S/C18H20N2/c19-18-10-15-8-4-5-9-16(15)17(18)12-20(13-18)11-14-6-2-1-3-7-14/h1-9,17H,10-13,19H2. The highest BCUT2D eigenvalue weighted by Crippen LogP contribution is 2.44. The summed E-state index contributed by atoms with van der Waals surface area (Å²) in [4.78, 5) is 2.51. The molecule has 2 N–H and O–H groups in total. The van der Waals surface area contributed by atoms with E-state index in [2.05, 4.69) is 59.5 Å². The zero-order valence-electron chi connectivity index (χ0n) is 11.6. The summed E-state index contributed by atoms with van der Waals surface area (Å²) in [5, 5.41) is 0. The van der Waals surface area contributed by atoms with Gasteiger partial charge in [-0.15, -0.1) is 0 Å². The SMILES string of the molecule is NC12Cc3ccccc3C1CN(Cc1ccccc1)C2. The number of hydrogen-bond donors (Lipinski definition) is 1. The summed E-state index contributed by atoms with van der Waals surface area (Å²) in [7, 11) is 0. The molecule has 1 aliphatic heterocycles. The zero-order valence-corrected chi connectivity index (χ0v) is 11.6. The van der Waals surface area contributed by atoms with Gasteiger partial charge in [-0.1, -0.05) is 54.6 Å². The van der Waals surface area contributed by atoms with Crippen LogP contribution >= 0.6 is 0 Å². The fraction of sp³-hybridized carbons (Fsp3) is 0.333. The van der Waals surface area contributed by atoms with Crippen LogP contribution in [0.15, 0.2) is 54.6 Å². The lowest BCUT2D eigenvalue weighted by atomic mass is 9.89. The van der Waals surface area contributed by atoms with Crippen molar-refractivity contribution in [3.05, 3.63) is 71.3 Å². The number of nitrogens with zero attached hydrogens (tertiary/aromatic N) is 1. The highest BCUT2D eigenvalue weighted by Gasteiger charge is 2.49. The van der Waals surface area contributed by atoms with Gasteiger partial charge in [0.1, 0.15) is 0 Å². The van der Waals surface area contributed by atoms with Crippen LogP contribution in [0.4, 0.5) is 0 Å². The maximum atomic E-state index is 6.72. The molecule has 2 aromatic rings. The molecule has 1 saturated heterocycles. The Kier molecular flexibility index (Phi) is 2.69. The second-order valence-electron chi connectivity index (χ2n) is 6.32. The van der Waals surface area contributed by atoms with Crippen molar-refractivity contribution >= 4 is 0 Å². The molecule has 0 saturated carbocycles. The minimum atomic E-state index is -0.0571. The molecule has 0 bridgehead atoms. The summed E-state index contributed by atoms with van der Waals surface area (Å²) in [6, 6.07) is 19.5. The van der Waals surface area contributed by atoms with E-state index in [9.17, 15) is 0 Å². The molecular weight excluding hydrogens is 244 g/mol. The fourth-order valence-electron chi connectivity index (χ4n) is 3.97. The zero-order chi connectivity index (χ0) is 13.6. The first kappa shape index (κ1) is 12.1. The van der Waals surface area contributed by atoms with Crippen LogP contribution in [0.3, 0.4) is 0 Å². The highest BCUT2D eigenvalue weighted by atomic mass is 15.2. The van der Waals surface area contributed by atoms with Crippen LogP contribution in [0.2, 0.25) is 0 Å². The van der Waals surface area contributed by atoms with Gasteiger partial charge in [-0.3, -0.25) is 4.90 Å². The monoisotopic (exact) mass is 264 g/mol. The van der Waals surface area contributed by atoms with Crippen molar-refractivity contribution in [2.24, 2.45) is 5.73 Å². The molecular formula is C18H20N2. The molecule has 2 heteroatoms. The Bertz CT molecular complexity index is 622.